The monoisotopic (exact) mass is 972 g/mol. The van der Waals surface area contributed by atoms with Crippen molar-refractivity contribution >= 4 is 16.0 Å². The van der Waals surface area contributed by atoms with Crippen LogP contribution in [0.3, 0.4) is 0 Å². The number of unbranched alkanes of at least 4 members (excludes halogenated alkanes) is 45. The van der Waals surface area contributed by atoms with Crippen LogP contribution in [0.1, 0.15) is 347 Å². The molecule has 1 atom stereocenters. The van der Waals surface area contributed by atoms with Gasteiger partial charge in [0, 0.05) is 13.0 Å². The van der Waals surface area contributed by atoms with Gasteiger partial charge < -0.3 is 5.32 Å². The molecule has 6 heteroatoms. The maximum absolute atomic E-state index is 13.1. The fourth-order valence-electron chi connectivity index (χ4n) is 10.7. The summed E-state index contributed by atoms with van der Waals surface area (Å²) >= 11 is 0. The van der Waals surface area contributed by atoms with Crippen LogP contribution in [-0.4, -0.2) is 25.4 Å². The number of carbonyl (C=O) groups is 1. The number of hydrogen-bond donors (Lipinski definition) is 2. The van der Waals surface area contributed by atoms with Crippen LogP contribution >= 0.6 is 0 Å². The molecule has 1 unspecified atom stereocenters. The van der Waals surface area contributed by atoms with Crippen LogP contribution in [0.25, 0.3) is 0 Å². The maximum atomic E-state index is 13.1. The Morgan fingerprint density at radius 2 is 0.632 bits per heavy atom. The van der Waals surface area contributed by atoms with Crippen molar-refractivity contribution in [1.82, 2.24) is 5.32 Å². The molecule has 68 heavy (non-hydrogen) atoms. The van der Waals surface area contributed by atoms with Crippen LogP contribution in [-0.2, 0) is 19.7 Å². The molecule has 1 amide bonds. The third-order valence-corrected chi connectivity index (χ3v) is 16.9. The highest BCUT2D eigenvalue weighted by molar-refractivity contribution is 7.86. The maximum Gasteiger partial charge on any atom is 0.274 e. The summed E-state index contributed by atoms with van der Waals surface area (Å²) in [5.41, 5.74) is 0.660. The van der Waals surface area contributed by atoms with E-state index in [9.17, 15) is 17.8 Å². The second kappa shape index (κ2) is 49.2. The van der Waals surface area contributed by atoms with E-state index < -0.39 is 14.9 Å². The van der Waals surface area contributed by atoms with Gasteiger partial charge in [0.2, 0.25) is 5.91 Å². The van der Waals surface area contributed by atoms with Crippen LogP contribution in [0, 0.1) is 0 Å². The van der Waals surface area contributed by atoms with Gasteiger partial charge in [0.05, 0.1) is 0 Å². The molecule has 400 valence electrons. The second-order valence-electron chi connectivity index (χ2n) is 21.7. The predicted octanol–water partition coefficient (Wildman–Crippen LogP) is 20.8. The Kier molecular flexibility index (Phi) is 46.7. The van der Waals surface area contributed by atoms with Crippen molar-refractivity contribution in [3.05, 3.63) is 35.9 Å². The first-order chi connectivity index (χ1) is 33.4. The number of benzene rings is 1. The van der Waals surface area contributed by atoms with Gasteiger partial charge in [-0.3, -0.25) is 9.35 Å². The van der Waals surface area contributed by atoms with Gasteiger partial charge in [-0.1, -0.05) is 340 Å². The van der Waals surface area contributed by atoms with Crippen LogP contribution < -0.4 is 5.32 Å². The molecule has 5 nitrogen and oxygen atoms in total. The Labute approximate surface area is 425 Å². The Morgan fingerprint density at radius 1 is 0.382 bits per heavy atom. The van der Waals surface area contributed by atoms with Crippen LogP contribution in [0.4, 0.5) is 0 Å². The molecule has 0 saturated heterocycles. The first-order valence-corrected chi connectivity index (χ1v) is 32.1. The van der Waals surface area contributed by atoms with E-state index in [-0.39, 0.29) is 5.91 Å². The first kappa shape index (κ1) is 64.6. The molecular formula is C62H117NO4S. The van der Waals surface area contributed by atoms with E-state index in [1.54, 1.807) is 0 Å². The molecule has 0 radical (unpaired) electrons. The summed E-state index contributed by atoms with van der Waals surface area (Å²) in [6, 6.07) is 9.29. The minimum Gasteiger partial charge on any atom is -0.356 e. The van der Waals surface area contributed by atoms with Crippen molar-refractivity contribution < 1.29 is 17.8 Å². The van der Waals surface area contributed by atoms with Crippen molar-refractivity contribution in [3.8, 4) is 0 Å². The Hall–Kier alpha value is -1.40. The molecule has 0 bridgehead atoms. The average molecular weight is 973 g/mol. The van der Waals surface area contributed by atoms with Gasteiger partial charge in [0.15, 0.2) is 0 Å². The second-order valence-corrected chi connectivity index (χ2v) is 23.4. The van der Waals surface area contributed by atoms with E-state index in [2.05, 4.69) is 19.2 Å². The molecule has 2 N–H and O–H groups in total. The average Bonchev–Trinajstić information content (AvgIpc) is 3.33. The molecule has 0 spiro atoms. The van der Waals surface area contributed by atoms with E-state index >= 15 is 0 Å². The van der Waals surface area contributed by atoms with E-state index in [1.165, 1.54) is 270 Å². The van der Waals surface area contributed by atoms with Crippen molar-refractivity contribution in [3.63, 3.8) is 0 Å². The lowest BCUT2D eigenvalue weighted by molar-refractivity contribution is -0.121. The molecular weight excluding hydrogens is 855 g/mol. The highest BCUT2D eigenvalue weighted by atomic mass is 32.2. The Bertz CT molecular complexity index is 1290. The van der Waals surface area contributed by atoms with Gasteiger partial charge in [-0.05, 0) is 31.2 Å². The highest BCUT2D eigenvalue weighted by Crippen LogP contribution is 2.40. The van der Waals surface area contributed by atoms with Crippen LogP contribution in [0.15, 0.2) is 30.3 Å². The molecule has 1 aromatic rings. The topological polar surface area (TPSA) is 83.5 Å². The van der Waals surface area contributed by atoms with E-state index in [0.717, 1.165) is 32.1 Å². The third kappa shape index (κ3) is 39.2. The number of nitrogens with one attached hydrogen (secondary N) is 1. The lowest BCUT2D eigenvalue weighted by Crippen LogP contribution is -2.37. The van der Waals surface area contributed by atoms with E-state index in [1.807, 2.05) is 30.3 Å². The van der Waals surface area contributed by atoms with Gasteiger partial charge in [-0.2, -0.15) is 8.42 Å². The SMILES string of the molecule is CCCCCCCCCCCCCCCCCCCCCCCCCCCCCCCCCCC(CCCNC(=O)CCCCCCCCCCCCCCCCC)(c1ccccc1)S(=O)(=O)O. The summed E-state index contributed by atoms with van der Waals surface area (Å²) in [4.78, 5) is 12.6. The lowest BCUT2D eigenvalue weighted by Gasteiger charge is -2.31. The van der Waals surface area contributed by atoms with Crippen molar-refractivity contribution in [2.45, 2.75) is 346 Å². The summed E-state index contributed by atoms with van der Waals surface area (Å²) in [7, 11) is -4.36. The van der Waals surface area contributed by atoms with E-state index in [4.69, 9.17) is 0 Å². The molecule has 0 fully saturated rings. The molecule has 0 heterocycles. The van der Waals surface area contributed by atoms with E-state index in [0.29, 0.717) is 37.8 Å². The molecule has 0 aromatic heterocycles. The quantitative estimate of drug-likeness (QED) is 0.0503. The fraction of sp³-hybridized carbons (Fsp3) is 0.887. The predicted molar refractivity (Wildman–Crippen MR) is 299 cm³/mol. The summed E-state index contributed by atoms with van der Waals surface area (Å²) in [6.07, 6.45) is 65.1. The van der Waals surface area contributed by atoms with Crippen LogP contribution in [0.2, 0.25) is 0 Å². The van der Waals surface area contributed by atoms with Gasteiger partial charge in [-0.15, -0.1) is 0 Å². The third-order valence-electron chi connectivity index (χ3n) is 15.3. The summed E-state index contributed by atoms with van der Waals surface area (Å²) in [5.74, 6) is 0.0492. The molecule has 1 rings (SSSR count). The minimum absolute atomic E-state index is 0.0492. The zero-order valence-corrected chi connectivity index (χ0v) is 46.6. The van der Waals surface area contributed by atoms with Crippen molar-refractivity contribution in [2.24, 2.45) is 0 Å². The van der Waals surface area contributed by atoms with Gasteiger partial charge in [-0.25, -0.2) is 0 Å². The normalized spacial score (nSPS) is 12.8. The lowest BCUT2D eigenvalue weighted by atomic mass is 9.87. The number of hydrogen-bond acceptors (Lipinski definition) is 3. The van der Waals surface area contributed by atoms with Crippen LogP contribution in [0.5, 0.6) is 0 Å². The molecule has 1 aromatic carbocycles. The smallest absolute Gasteiger partial charge is 0.274 e. The number of rotatable bonds is 55. The Morgan fingerprint density at radius 3 is 0.912 bits per heavy atom. The molecule has 0 aliphatic heterocycles. The van der Waals surface area contributed by atoms with Gasteiger partial charge in [0.25, 0.3) is 10.1 Å². The summed E-state index contributed by atoms with van der Waals surface area (Å²) in [6.45, 7) is 5.01. The molecule has 0 aliphatic carbocycles. The first-order valence-electron chi connectivity index (χ1n) is 30.7. The summed E-state index contributed by atoms with van der Waals surface area (Å²) < 4.78 is 35.6. The van der Waals surface area contributed by atoms with Gasteiger partial charge >= 0.3 is 0 Å². The molecule has 0 saturated carbocycles. The summed E-state index contributed by atoms with van der Waals surface area (Å²) in [5, 5.41) is 3.03. The van der Waals surface area contributed by atoms with Crippen molar-refractivity contribution in [2.75, 3.05) is 6.54 Å². The van der Waals surface area contributed by atoms with Crippen molar-refractivity contribution in [1.29, 1.82) is 0 Å². The zero-order chi connectivity index (χ0) is 49.2. The fourth-order valence-corrected chi connectivity index (χ4v) is 11.9. The van der Waals surface area contributed by atoms with Gasteiger partial charge in [0.1, 0.15) is 4.75 Å². The number of amides is 1. The standard InChI is InChI=1S/C62H117NO4S/c1-3-5-7-9-11-13-15-17-19-20-21-22-23-24-25-26-27-28-29-30-31-32-33-34-35-37-39-41-43-45-47-52-57-62(68(65,66)67,60-54-49-48-50-55-60)58-53-59-63-61(64)56-51-46-44-42-40-38-36-18-16-14-12-10-8-6-4-2/h48-50,54-55H,3-47,51-53,56-59H2,1-2H3,(H,63,64)(H,65,66,67). The number of carbonyl (C=O) groups excluding carboxylic acids is 1. The molecule has 0 aliphatic rings. The highest BCUT2D eigenvalue weighted by Gasteiger charge is 2.43. The largest absolute Gasteiger partial charge is 0.356 e. The zero-order valence-electron chi connectivity index (χ0n) is 45.7. The minimum atomic E-state index is -4.36. The Balaban J connectivity index is 2.03.